The van der Waals surface area contributed by atoms with Gasteiger partial charge in [-0.2, -0.15) is 0 Å². The highest BCUT2D eigenvalue weighted by atomic mass is 15.1. The first kappa shape index (κ1) is 14.3. The Bertz CT molecular complexity index is 185. The van der Waals surface area contributed by atoms with Crippen LogP contribution >= 0.6 is 0 Å². The van der Waals surface area contributed by atoms with Crippen LogP contribution < -0.4 is 5.32 Å². The van der Waals surface area contributed by atoms with Crippen LogP contribution in [0.2, 0.25) is 0 Å². The van der Waals surface area contributed by atoms with Crippen molar-refractivity contribution in [3.05, 3.63) is 0 Å². The van der Waals surface area contributed by atoms with Crippen LogP contribution in [0.25, 0.3) is 0 Å². The lowest BCUT2D eigenvalue weighted by Gasteiger charge is -2.33. The Kier molecular flexibility index (Phi) is 6.50. The van der Waals surface area contributed by atoms with Gasteiger partial charge in [-0.25, -0.2) is 0 Å². The lowest BCUT2D eigenvalue weighted by atomic mass is 9.88. The molecule has 1 saturated carbocycles. The van der Waals surface area contributed by atoms with E-state index in [0.29, 0.717) is 0 Å². The Morgan fingerprint density at radius 3 is 2.11 bits per heavy atom. The van der Waals surface area contributed by atoms with Crippen LogP contribution in [0.1, 0.15) is 58.3 Å². The molecule has 1 aliphatic carbocycles. The lowest BCUT2D eigenvalue weighted by Crippen LogP contribution is -2.39. The second-order valence-electron chi connectivity index (χ2n) is 6.46. The summed E-state index contributed by atoms with van der Waals surface area (Å²) < 4.78 is 0. The summed E-state index contributed by atoms with van der Waals surface area (Å²) in [6.07, 6.45) is 11.5. The zero-order valence-corrected chi connectivity index (χ0v) is 12.3. The number of nitrogens with one attached hydrogen (secondary N) is 1. The maximum atomic E-state index is 3.48. The van der Waals surface area contributed by atoms with E-state index in [-0.39, 0.29) is 0 Å². The predicted molar refractivity (Wildman–Crippen MR) is 78.9 cm³/mol. The van der Waals surface area contributed by atoms with E-state index >= 15 is 0 Å². The van der Waals surface area contributed by atoms with Gasteiger partial charge in [-0.3, -0.25) is 0 Å². The first-order chi connectivity index (χ1) is 8.88. The Morgan fingerprint density at radius 1 is 0.889 bits per heavy atom. The summed E-state index contributed by atoms with van der Waals surface area (Å²) in [4.78, 5) is 2.78. The van der Waals surface area contributed by atoms with Crippen molar-refractivity contribution < 1.29 is 0 Å². The van der Waals surface area contributed by atoms with Gasteiger partial charge in [0, 0.05) is 13.1 Å². The van der Waals surface area contributed by atoms with Gasteiger partial charge in [0.2, 0.25) is 0 Å². The van der Waals surface area contributed by atoms with E-state index in [2.05, 4.69) is 17.1 Å². The van der Waals surface area contributed by atoms with Gasteiger partial charge in [0.1, 0.15) is 0 Å². The predicted octanol–water partition coefficient (Wildman–Crippen LogP) is 3.28. The summed E-state index contributed by atoms with van der Waals surface area (Å²) in [6.45, 7) is 8.89. The van der Waals surface area contributed by atoms with Crippen LogP contribution in [-0.4, -0.2) is 37.6 Å². The van der Waals surface area contributed by atoms with E-state index in [9.17, 15) is 0 Å². The summed E-state index contributed by atoms with van der Waals surface area (Å²) in [7, 11) is 0. The number of hydrogen-bond acceptors (Lipinski definition) is 2. The molecular weight excluding hydrogens is 220 g/mol. The number of piperidine rings is 1. The molecule has 1 aliphatic heterocycles. The number of nitrogens with zero attached hydrogens (tertiary/aromatic N) is 1. The fraction of sp³-hybridized carbons (Fsp3) is 1.00. The normalized spacial score (nSPS) is 23.7. The first-order valence-electron chi connectivity index (χ1n) is 8.31. The van der Waals surface area contributed by atoms with Gasteiger partial charge in [0.25, 0.3) is 0 Å². The fourth-order valence-corrected chi connectivity index (χ4v) is 3.74. The first-order valence-corrected chi connectivity index (χ1v) is 8.31. The third kappa shape index (κ3) is 4.89. The third-order valence-corrected chi connectivity index (χ3v) is 4.76. The molecule has 0 bridgehead atoms. The molecule has 1 N–H and O–H groups in total. The standard InChI is InChI=1S/C16H32N2/c1-2-12-18(13-15-6-4-3-5-7-15)14-16-8-10-17-11-9-16/h15-17H,2-14H2,1H3. The van der Waals surface area contributed by atoms with Crippen molar-refractivity contribution in [3.63, 3.8) is 0 Å². The molecule has 0 unspecified atom stereocenters. The van der Waals surface area contributed by atoms with E-state index in [1.54, 1.807) is 0 Å². The lowest BCUT2D eigenvalue weighted by molar-refractivity contribution is 0.162. The summed E-state index contributed by atoms with van der Waals surface area (Å²) in [5, 5.41) is 3.48. The van der Waals surface area contributed by atoms with Gasteiger partial charge in [-0.1, -0.05) is 26.2 Å². The van der Waals surface area contributed by atoms with Crippen molar-refractivity contribution in [2.75, 3.05) is 32.7 Å². The molecule has 2 fully saturated rings. The van der Waals surface area contributed by atoms with Crippen molar-refractivity contribution in [1.82, 2.24) is 10.2 Å². The maximum absolute atomic E-state index is 3.48. The van der Waals surface area contributed by atoms with E-state index < -0.39 is 0 Å². The molecule has 106 valence electrons. The van der Waals surface area contributed by atoms with Gasteiger partial charge in [0.05, 0.1) is 0 Å². The largest absolute Gasteiger partial charge is 0.317 e. The Labute approximate surface area is 114 Å². The molecular formula is C16H32N2. The van der Waals surface area contributed by atoms with E-state index in [1.165, 1.54) is 84.1 Å². The van der Waals surface area contributed by atoms with Gasteiger partial charge in [-0.05, 0) is 63.6 Å². The second kappa shape index (κ2) is 8.16. The molecule has 2 nitrogen and oxygen atoms in total. The summed E-state index contributed by atoms with van der Waals surface area (Å²) in [6, 6.07) is 0. The highest BCUT2D eigenvalue weighted by molar-refractivity contribution is 4.75. The molecule has 0 aromatic heterocycles. The van der Waals surface area contributed by atoms with Gasteiger partial charge in [0.15, 0.2) is 0 Å². The van der Waals surface area contributed by atoms with Crippen LogP contribution in [0.3, 0.4) is 0 Å². The third-order valence-electron chi connectivity index (χ3n) is 4.76. The summed E-state index contributed by atoms with van der Waals surface area (Å²) in [5.74, 6) is 1.97. The second-order valence-corrected chi connectivity index (χ2v) is 6.46. The van der Waals surface area contributed by atoms with Gasteiger partial charge < -0.3 is 10.2 Å². The molecule has 0 atom stereocenters. The fourth-order valence-electron chi connectivity index (χ4n) is 3.74. The molecule has 0 amide bonds. The van der Waals surface area contributed by atoms with Crippen molar-refractivity contribution in [3.8, 4) is 0 Å². The van der Waals surface area contributed by atoms with Crippen LogP contribution in [0.5, 0.6) is 0 Å². The van der Waals surface area contributed by atoms with Crippen LogP contribution in [0.4, 0.5) is 0 Å². The van der Waals surface area contributed by atoms with Crippen LogP contribution in [0, 0.1) is 11.8 Å². The van der Waals surface area contributed by atoms with Crippen LogP contribution in [-0.2, 0) is 0 Å². The quantitative estimate of drug-likeness (QED) is 0.780. The highest BCUT2D eigenvalue weighted by Crippen LogP contribution is 2.25. The number of hydrogen-bond donors (Lipinski definition) is 1. The minimum absolute atomic E-state index is 0.960. The maximum Gasteiger partial charge on any atom is 0.00107 e. The zero-order valence-electron chi connectivity index (χ0n) is 12.3. The molecule has 1 saturated heterocycles. The Hall–Kier alpha value is -0.0800. The smallest absolute Gasteiger partial charge is 0.00107 e. The molecule has 0 aromatic carbocycles. The molecule has 2 heteroatoms. The molecule has 0 aromatic rings. The Morgan fingerprint density at radius 2 is 1.50 bits per heavy atom. The summed E-state index contributed by atoms with van der Waals surface area (Å²) in [5.41, 5.74) is 0. The highest BCUT2D eigenvalue weighted by Gasteiger charge is 2.20. The molecule has 2 rings (SSSR count). The van der Waals surface area contributed by atoms with E-state index in [1.807, 2.05) is 0 Å². The van der Waals surface area contributed by atoms with E-state index in [4.69, 9.17) is 0 Å². The molecule has 18 heavy (non-hydrogen) atoms. The van der Waals surface area contributed by atoms with Gasteiger partial charge >= 0.3 is 0 Å². The van der Waals surface area contributed by atoms with E-state index in [0.717, 1.165) is 11.8 Å². The van der Waals surface area contributed by atoms with Crippen molar-refractivity contribution in [1.29, 1.82) is 0 Å². The van der Waals surface area contributed by atoms with Crippen molar-refractivity contribution in [2.24, 2.45) is 11.8 Å². The molecule has 2 aliphatic rings. The molecule has 1 heterocycles. The summed E-state index contributed by atoms with van der Waals surface area (Å²) >= 11 is 0. The SMILES string of the molecule is CCCN(CC1CCCCC1)CC1CCNCC1. The molecule has 0 radical (unpaired) electrons. The minimum Gasteiger partial charge on any atom is -0.317 e. The Balaban J connectivity index is 1.74. The van der Waals surface area contributed by atoms with Gasteiger partial charge in [-0.15, -0.1) is 0 Å². The monoisotopic (exact) mass is 252 g/mol. The van der Waals surface area contributed by atoms with Crippen molar-refractivity contribution in [2.45, 2.75) is 58.3 Å². The minimum atomic E-state index is 0.960. The van der Waals surface area contributed by atoms with Crippen molar-refractivity contribution >= 4 is 0 Å². The zero-order chi connectivity index (χ0) is 12.6. The number of rotatable bonds is 6. The molecule has 0 spiro atoms. The topological polar surface area (TPSA) is 15.3 Å². The average Bonchev–Trinajstić information content (AvgIpc) is 2.41. The average molecular weight is 252 g/mol. The van der Waals surface area contributed by atoms with Crippen LogP contribution in [0.15, 0.2) is 0 Å².